The fourth-order valence-electron chi connectivity index (χ4n) is 4.54. The number of ether oxygens (including phenoxy) is 1. The van der Waals surface area contributed by atoms with E-state index in [1.807, 2.05) is 9.80 Å². The first kappa shape index (κ1) is 18.5. The molecule has 0 bridgehead atoms. The highest BCUT2D eigenvalue weighted by Crippen LogP contribution is 2.26. The van der Waals surface area contributed by atoms with Gasteiger partial charge in [0.15, 0.2) is 5.76 Å². The molecule has 1 aromatic heterocycles. The van der Waals surface area contributed by atoms with Gasteiger partial charge >= 0.3 is 0 Å². The second kappa shape index (κ2) is 8.44. The molecule has 2 amide bonds. The number of hydrogen-bond acceptors (Lipinski definition) is 5. The molecule has 4 heterocycles. The summed E-state index contributed by atoms with van der Waals surface area (Å²) < 4.78 is 10.6. The van der Waals surface area contributed by atoms with Gasteiger partial charge in [0, 0.05) is 38.1 Å². The number of piperidine rings is 2. The van der Waals surface area contributed by atoms with Crippen molar-refractivity contribution in [2.75, 3.05) is 52.5 Å². The van der Waals surface area contributed by atoms with Gasteiger partial charge in [-0.3, -0.25) is 9.59 Å². The Hall–Kier alpha value is -1.86. The minimum Gasteiger partial charge on any atom is -0.459 e. The van der Waals surface area contributed by atoms with Gasteiger partial charge in [-0.2, -0.15) is 0 Å². The molecule has 3 fully saturated rings. The molecule has 0 aliphatic carbocycles. The van der Waals surface area contributed by atoms with Gasteiger partial charge in [-0.1, -0.05) is 0 Å². The Morgan fingerprint density at radius 1 is 0.889 bits per heavy atom. The number of hydrogen-bond donors (Lipinski definition) is 0. The highest BCUT2D eigenvalue weighted by molar-refractivity contribution is 5.91. The largest absolute Gasteiger partial charge is 0.459 e. The molecule has 0 unspecified atom stereocenters. The van der Waals surface area contributed by atoms with Gasteiger partial charge < -0.3 is 23.9 Å². The molecule has 0 N–H and O–H groups in total. The Kier molecular flexibility index (Phi) is 5.78. The standard InChI is InChI=1S/C20H29N3O4/c24-19(23-11-14-26-15-12-23)16-3-7-21(8-4-16)17-5-9-22(10-6-17)20(25)18-2-1-13-27-18/h1-2,13,16-17H,3-12,14-15H2. The molecule has 3 aliphatic heterocycles. The second-order valence-electron chi connectivity index (χ2n) is 7.75. The number of likely N-dealkylation sites (tertiary alicyclic amines) is 2. The zero-order valence-corrected chi connectivity index (χ0v) is 15.8. The van der Waals surface area contributed by atoms with Crippen molar-refractivity contribution in [1.82, 2.24) is 14.7 Å². The lowest BCUT2D eigenvalue weighted by molar-refractivity contribution is -0.141. The van der Waals surface area contributed by atoms with Gasteiger partial charge in [-0.15, -0.1) is 0 Å². The molecule has 1 aromatic rings. The molecule has 27 heavy (non-hydrogen) atoms. The predicted molar refractivity (Wildman–Crippen MR) is 99.3 cm³/mol. The van der Waals surface area contributed by atoms with Gasteiger partial charge in [0.2, 0.25) is 5.91 Å². The average molecular weight is 375 g/mol. The maximum atomic E-state index is 12.7. The van der Waals surface area contributed by atoms with Gasteiger partial charge in [-0.05, 0) is 50.9 Å². The molecule has 3 saturated heterocycles. The van der Waals surface area contributed by atoms with Crippen LogP contribution in [0.15, 0.2) is 22.8 Å². The zero-order chi connectivity index (χ0) is 18.6. The number of carbonyl (C=O) groups excluding carboxylic acids is 2. The van der Waals surface area contributed by atoms with Crippen molar-refractivity contribution in [1.29, 1.82) is 0 Å². The van der Waals surface area contributed by atoms with Crippen molar-refractivity contribution in [3.8, 4) is 0 Å². The molecule has 0 radical (unpaired) electrons. The summed E-state index contributed by atoms with van der Waals surface area (Å²) in [4.78, 5) is 31.4. The number of amides is 2. The van der Waals surface area contributed by atoms with Gasteiger partial charge in [0.05, 0.1) is 19.5 Å². The fourth-order valence-corrected chi connectivity index (χ4v) is 4.54. The highest BCUT2D eigenvalue weighted by Gasteiger charge is 2.33. The van der Waals surface area contributed by atoms with Gasteiger partial charge in [-0.25, -0.2) is 0 Å². The third-order valence-electron chi connectivity index (χ3n) is 6.20. The van der Waals surface area contributed by atoms with E-state index in [1.165, 1.54) is 0 Å². The van der Waals surface area contributed by atoms with Crippen LogP contribution in [-0.2, 0) is 9.53 Å². The Bertz CT molecular complexity index is 626. The number of morpholine rings is 1. The van der Waals surface area contributed by atoms with Crippen LogP contribution >= 0.6 is 0 Å². The summed E-state index contributed by atoms with van der Waals surface area (Å²) >= 11 is 0. The van der Waals surface area contributed by atoms with Gasteiger partial charge in [0.25, 0.3) is 5.91 Å². The van der Waals surface area contributed by atoms with Crippen molar-refractivity contribution >= 4 is 11.8 Å². The summed E-state index contributed by atoms with van der Waals surface area (Å²) in [5, 5.41) is 0. The van der Waals surface area contributed by atoms with E-state index in [-0.39, 0.29) is 11.8 Å². The fraction of sp³-hybridized carbons (Fsp3) is 0.700. The van der Waals surface area contributed by atoms with Crippen LogP contribution < -0.4 is 0 Å². The van der Waals surface area contributed by atoms with E-state index in [9.17, 15) is 9.59 Å². The molecule has 7 nitrogen and oxygen atoms in total. The third kappa shape index (κ3) is 4.19. The summed E-state index contributed by atoms with van der Waals surface area (Å²) in [5.74, 6) is 0.904. The van der Waals surface area contributed by atoms with Crippen molar-refractivity contribution < 1.29 is 18.7 Å². The molecule has 7 heteroatoms. The Morgan fingerprint density at radius 3 is 2.22 bits per heavy atom. The first-order valence-electron chi connectivity index (χ1n) is 10.2. The van der Waals surface area contributed by atoms with Crippen LogP contribution in [0.2, 0.25) is 0 Å². The van der Waals surface area contributed by atoms with E-state index in [2.05, 4.69) is 4.90 Å². The van der Waals surface area contributed by atoms with Gasteiger partial charge in [0.1, 0.15) is 0 Å². The smallest absolute Gasteiger partial charge is 0.289 e. The SMILES string of the molecule is O=C(c1ccco1)N1CCC(N2CCC(C(=O)N3CCOCC3)CC2)CC1. The van der Waals surface area contributed by atoms with E-state index in [0.29, 0.717) is 30.9 Å². The Labute approximate surface area is 160 Å². The summed E-state index contributed by atoms with van der Waals surface area (Å²) in [6, 6.07) is 4.00. The zero-order valence-electron chi connectivity index (χ0n) is 15.8. The maximum absolute atomic E-state index is 12.7. The van der Waals surface area contributed by atoms with Crippen LogP contribution in [-0.4, -0.2) is 85.0 Å². The van der Waals surface area contributed by atoms with E-state index < -0.39 is 0 Å². The quantitative estimate of drug-likeness (QED) is 0.800. The van der Waals surface area contributed by atoms with Crippen LogP contribution in [0.5, 0.6) is 0 Å². The van der Waals surface area contributed by atoms with Crippen LogP contribution in [0.4, 0.5) is 0 Å². The maximum Gasteiger partial charge on any atom is 0.289 e. The lowest BCUT2D eigenvalue weighted by Gasteiger charge is -2.42. The van der Waals surface area contributed by atoms with E-state index in [0.717, 1.165) is 65.0 Å². The molecule has 0 aromatic carbocycles. The molecular weight excluding hydrogens is 346 g/mol. The minimum atomic E-state index is -0.00624. The molecule has 0 saturated carbocycles. The summed E-state index contributed by atoms with van der Waals surface area (Å²) in [6.45, 7) is 6.32. The first-order valence-corrected chi connectivity index (χ1v) is 10.2. The van der Waals surface area contributed by atoms with Crippen LogP contribution in [0.25, 0.3) is 0 Å². The molecule has 0 atom stereocenters. The van der Waals surface area contributed by atoms with Crippen molar-refractivity contribution in [3.63, 3.8) is 0 Å². The molecule has 3 aliphatic rings. The number of nitrogens with zero attached hydrogens (tertiary/aromatic N) is 3. The third-order valence-corrected chi connectivity index (χ3v) is 6.20. The summed E-state index contributed by atoms with van der Waals surface area (Å²) in [5.41, 5.74) is 0. The van der Waals surface area contributed by atoms with Crippen molar-refractivity contribution in [3.05, 3.63) is 24.2 Å². The Balaban J connectivity index is 1.22. The topological polar surface area (TPSA) is 66.2 Å². The second-order valence-corrected chi connectivity index (χ2v) is 7.75. The summed E-state index contributed by atoms with van der Waals surface area (Å²) in [7, 11) is 0. The van der Waals surface area contributed by atoms with E-state index in [4.69, 9.17) is 9.15 Å². The van der Waals surface area contributed by atoms with Crippen LogP contribution in [0.3, 0.4) is 0 Å². The Morgan fingerprint density at radius 2 is 1.59 bits per heavy atom. The van der Waals surface area contributed by atoms with E-state index >= 15 is 0 Å². The number of carbonyl (C=O) groups is 2. The van der Waals surface area contributed by atoms with Crippen LogP contribution in [0.1, 0.15) is 36.2 Å². The minimum absolute atomic E-state index is 0.00624. The summed E-state index contributed by atoms with van der Waals surface area (Å²) in [6.07, 6.45) is 5.43. The lowest BCUT2D eigenvalue weighted by atomic mass is 9.92. The number of furan rings is 1. The monoisotopic (exact) mass is 375 g/mol. The van der Waals surface area contributed by atoms with Crippen molar-refractivity contribution in [2.24, 2.45) is 5.92 Å². The van der Waals surface area contributed by atoms with Crippen molar-refractivity contribution in [2.45, 2.75) is 31.7 Å². The molecule has 0 spiro atoms. The predicted octanol–water partition coefficient (Wildman–Crippen LogP) is 1.45. The molecule has 148 valence electrons. The number of rotatable bonds is 3. The molecular formula is C20H29N3O4. The first-order chi connectivity index (χ1) is 13.2. The average Bonchev–Trinajstić information content (AvgIpc) is 3.28. The normalized spacial score (nSPS) is 23.6. The molecule has 4 rings (SSSR count). The van der Waals surface area contributed by atoms with E-state index in [1.54, 1.807) is 18.4 Å². The lowest BCUT2D eigenvalue weighted by Crippen LogP contribution is -2.51. The van der Waals surface area contributed by atoms with Crippen LogP contribution in [0, 0.1) is 5.92 Å². The highest BCUT2D eigenvalue weighted by atomic mass is 16.5.